The lowest BCUT2D eigenvalue weighted by atomic mass is 10.2. The summed E-state index contributed by atoms with van der Waals surface area (Å²) in [6.07, 6.45) is 3.32. The highest BCUT2D eigenvalue weighted by molar-refractivity contribution is 7.58. The van der Waals surface area contributed by atoms with Crippen LogP contribution in [0.5, 0.6) is 0 Å². The summed E-state index contributed by atoms with van der Waals surface area (Å²) >= 11 is 4.82. The van der Waals surface area contributed by atoms with Gasteiger partial charge in [0.25, 0.3) is 0 Å². The lowest BCUT2D eigenvalue weighted by Crippen LogP contribution is -2.11. The maximum Gasteiger partial charge on any atom is 0.180 e. The van der Waals surface area contributed by atoms with Gasteiger partial charge in [0.15, 0.2) is 5.82 Å². The molecule has 0 bridgehead atoms. The fourth-order valence-electron chi connectivity index (χ4n) is 0.975. The molecule has 2 heterocycles. The van der Waals surface area contributed by atoms with Gasteiger partial charge in [-0.1, -0.05) is 0 Å². The van der Waals surface area contributed by atoms with Crippen LogP contribution in [0, 0.1) is 0 Å². The van der Waals surface area contributed by atoms with Crippen molar-refractivity contribution in [2.75, 3.05) is 5.84 Å². The summed E-state index contributed by atoms with van der Waals surface area (Å²) in [5.41, 5.74) is 0.848. The summed E-state index contributed by atoms with van der Waals surface area (Å²) < 4.78 is 1.27. The maximum absolute atomic E-state index is 5.60. The van der Waals surface area contributed by atoms with Crippen molar-refractivity contribution in [2.45, 2.75) is 5.16 Å². The predicted molar refractivity (Wildman–Crippen MR) is 49.0 cm³/mol. The molecular formula is C7H6N5S-. The molecule has 0 aliphatic rings. The van der Waals surface area contributed by atoms with E-state index in [1.165, 1.54) is 4.68 Å². The number of nitrogens with two attached hydrogens (primary N) is 1. The van der Waals surface area contributed by atoms with Gasteiger partial charge < -0.3 is 18.5 Å². The predicted octanol–water partition coefficient (Wildman–Crippen LogP) is -0.0403. The molecule has 66 valence electrons. The van der Waals surface area contributed by atoms with Crippen molar-refractivity contribution in [3.05, 3.63) is 24.5 Å². The summed E-state index contributed by atoms with van der Waals surface area (Å²) in [7, 11) is 0. The molecule has 2 aromatic rings. The minimum Gasteiger partial charge on any atom is -0.738 e. The van der Waals surface area contributed by atoms with E-state index in [0.717, 1.165) is 5.56 Å². The van der Waals surface area contributed by atoms with E-state index < -0.39 is 0 Å². The summed E-state index contributed by atoms with van der Waals surface area (Å²) in [5, 5.41) is 7.79. The van der Waals surface area contributed by atoms with Crippen molar-refractivity contribution >= 4 is 12.6 Å². The van der Waals surface area contributed by atoms with E-state index in [9.17, 15) is 0 Å². The van der Waals surface area contributed by atoms with Crippen molar-refractivity contribution in [1.82, 2.24) is 19.9 Å². The molecule has 0 aliphatic carbocycles. The first-order valence-electron chi connectivity index (χ1n) is 3.57. The first kappa shape index (κ1) is 7.93. The van der Waals surface area contributed by atoms with Crippen LogP contribution >= 0.6 is 0 Å². The number of pyridine rings is 1. The molecule has 2 aromatic heterocycles. The SMILES string of the molecule is Nn1c([S-])nnc1-c1ccncc1. The molecule has 0 unspecified atom stereocenters. The average Bonchev–Trinajstić information content (AvgIpc) is 2.49. The molecule has 0 spiro atoms. The van der Waals surface area contributed by atoms with E-state index in [2.05, 4.69) is 15.2 Å². The zero-order valence-corrected chi connectivity index (χ0v) is 7.40. The van der Waals surface area contributed by atoms with Crippen LogP contribution in [-0.4, -0.2) is 19.9 Å². The smallest absolute Gasteiger partial charge is 0.180 e. The second kappa shape index (κ2) is 2.98. The topological polar surface area (TPSA) is 69.6 Å². The van der Waals surface area contributed by atoms with Crippen LogP contribution < -0.4 is 5.84 Å². The van der Waals surface area contributed by atoms with E-state index in [1.807, 2.05) is 0 Å². The molecule has 2 rings (SSSR count). The van der Waals surface area contributed by atoms with E-state index in [1.54, 1.807) is 24.5 Å². The number of rotatable bonds is 1. The van der Waals surface area contributed by atoms with Crippen molar-refractivity contribution < 1.29 is 0 Å². The number of hydrogen-bond acceptors (Lipinski definition) is 5. The summed E-state index contributed by atoms with van der Waals surface area (Å²) in [4.78, 5) is 3.88. The number of aromatic nitrogens is 4. The Kier molecular flexibility index (Phi) is 1.82. The summed E-state index contributed by atoms with van der Waals surface area (Å²) in [6, 6.07) is 3.59. The molecule has 0 amide bonds. The third-order valence-corrected chi connectivity index (χ3v) is 1.88. The van der Waals surface area contributed by atoms with Crippen LogP contribution in [0.25, 0.3) is 11.4 Å². The molecule has 6 heteroatoms. The fourth-order valence-corrected chi connectivity index (χ4v) is 1.10. The van der Waals surface area contributed by atoms with Gasteiger partial charge in [0, 0.05) is 23.1 Å². The molecule has 5 nitrogen and oxygen atoms in total. The largest absolute Gasteiger partial charge is 0.738 e. The van der Waals surface area contributed by atoms with E-state index in [4.69, 9.17) is 18.5 Å². The first-order chi connectivity index (χ1) is 6.29. The molecule has 2 N–H and O–H groups in total. The Hall–Kier alpha value is -1.69. The number of nitrogen functional groups attached to an aromatic ring is 1. The van der Waals surface area contributed by atoms with Crippen molar-refractivity contribution in [1.29, 1.82) is 0 Å². The zero-order chi connectivity index (χ0) is 9.26. The van der Waals surface area contributed by atoms with E-state index >= 15 is 0 Å². The summed E-state index contributed by atoms with van der Waals surface area (Å²) in [5.74, 6) is 6.15. The third-order valence-electron chi connectivity index (χ3n) is 1.60. The quantitative estimate of drug-likeness (QED) is 0.507. The number of nitrogens with zero attached hydrogens (tertiary/aromatic N) is 4. The van der Waals surface area contributed by atoms with Crippen LogP contribution in [0.2, 0.25) is 0 Å². The molecular weight excluding hydrogens is 186 g/mol. The molecule has 0 aromatic carbocycles. The maximum atomic E-state index is 5.60. The van der Waals surface area contributed by atoms with Gasteiger partial charge in [0.05, 0.1) is 0 Å². The minimum absolute atomic E-state index is 0.270. The summed E-state index contributed by atoms with van der Waals surface area (Å²) in [6.45, 7) is 0. The highest BCUT2D eigenvalue weighted by atomic mass is 32.1. The standard InChI is InChI=1S/C7H7N5S/c8-12-6(10-11-7(12)13)5-1-3-9-4-2-5/h1-4H,8H2,(H,11,13)/p-1. The zero-order valence-electron chi connectivity index (χ0n) is 6.58. The van der Waals surface area contributed by atoms with E-state index in [0.29, 0.717) is 5.82 Å². The van der Waals surface area contributed by atoms with Crippen LogP contribution in [0.1, 0.15) is 0 Å². The average molecular weight is 192 g/mol. The van der Waals surface area contributed by atoms with Crippen molar-refractivity contribution in [3.8, 4) is 11.4 Å². The van der Waals surface area contributed by atoms with Gasteiger partial charge in [-0.3, -0.25) is 4.98 Å². The fraction of sp³-hybridized carbons (Fsp3) is 0. The Morgan fingerprint density at radius 1 is 1.23 bits per heavy atom. The lowest BCUT2D eigenvalue weighted by Gasteiger charge is -2.04. The Bertz CT molecular complexity index is 410. The monoisotopic (exact) mass is 192 g/mol. The van der Waals surface area contributed by atoms with Gasteiger partial charge in [0.1, 0.15) is 0 Å². The molecule has 13 heavy (non-hydrogen) atoms. The van der Waals surface area contributed by atoms with Crippen molar-refractivity contribution in [2.24, 2.45) is 0 Å². The van der Waals surface area contributed by atoms with Gasteiger partial charge >= 0.3 is 0 Å². The van der Waals surface area contributed by atoms with Crippen LogP contribution in [0.15, 0.2) is 29.7 Å². The first-order valence-corrected chi connectivity index (χ1v) is 3.98. The normalized spacial score (nSPS) is 10.2. The Labute approximate surface area is 80.0 Å². The molecule has 0 aliphatic heterocycles. The molecule has 0 saturated carbocycles. The van der Waals surface area contributed by atoms with Gasteiger partial charge in [-0.15, -0.1) is 5.10 Å². The van der Waals surface area contributed by atoms with Gasteiger partial charge in [-0.25, -0.2) is 4.68 Å². The Balaban J connectivity index is 2.53. The van der Waals surface area contributed by atoms with E-state index in [-0.39, 0.29) is 5.16 Å². The Morgan fingerprint density at radius 2 is 1.92 bits per heavy atom. The van der Waals surface area contributed by atoms with Gasteiger partial charge in [-0.2, -0.15) is 5.10 Å². The van der Waals surface area contributed by atoms with Gasteiger partial charge in [-0.05, 0) is 12.1 Å². The highest BCUT2D eigenvalue weighted by Gasteiger charge is 2.03. The van der Waals surface area contributed by atoms with Crippen molar-refractivity contribution in [3.63, 3.8) is 0 Å². The molecule has 0 atom stereocenters. The lowest BCUT2D eigenvalue weighted by molar-refractivity contribution is 0.854. The van der Waals surface area contributed by atoms with Gasteiger partial charge in [0.2, 0.25) is 0 Å². The third kappa shape index (κ3) is 1.31. The molecule has 0 radical (unpaired) electrons. The molecule has 0 saturated heterocycles. The van der Waals surface area contributed by atoms with Crippen LogP contribution in [0.4, 0.5) is 0 Å². The van der Waals surface area contributed by atoms with Crippen LogP contribution in [-0.2, 0) is 12.6 Å². The second-order valence-corrected chi connectivity index (χ2v) is 2.78. The Morgan fingerprint density at radius 3 is 2.46 bits per heavy atom. The molecule has 0 fully saturated rings. The second-order valence-electron chi connectivity index (χ2n) is 2.41. The minimum atomic E-state index is 0.270. The van der Waals surface area contributed by atoms with Crippen LogP contribution in [0.3, 0.4) is 0 Å². The highest BCUT2D eigenvalue weighted by Crippen LogP contribution is 2.13. The number of hydrogen-bond donors (Lipinski definition) is 1.